The van der Waals surface area contributed by atoms with Crippen LogP contribution in [0.2, 0.25) is 0 Å². The molecule has 180 valence electrons. The van der Waals surface area contributed by atoms with E-state index in [2.05, 4.69) is 47.0 Å². The summed E-state index contributed by atoms with van der Waals surface area (Å²) in [4.78, 5) is 29.6. The molecule has 4 rings (SSSR count). The smallest absolute Gasteiger partial charge is 0.229 e. The van der Waals surface area contributed by atoms with E-state index in [1.807, 2.05) is 36.4 Å². The van der Waals surface area contributed by atoms with Crippen LogP contribution in [0.1, 0.15) is 25.8 Å². The van der Waals surface area contributed by atoms with Gasteiger partial charge in [0.1, 0.15) is 5.75 Å². The number of hydrogen-bond acceptors (Lipinski definition) is 4. The summed E-state index contributed by atoms with van der Waals surface area (Å²) < 4.78 is 7.44. The van der Waals surface area contributed by atoms with Crippen molar-refractivity contribution in [2.45, 2.75) is 33.4 Å². The summed E-state index contributed by atoms with van der Waals surface area (Å²) in [6, 6.07) is 15.8. The molecule has 1 atom stereocenters. The van der Waals surface area contributed by atoms with Gasteiger partial charge in [-0.25, -0.2) is 0 Å². The van der Waals surface area contributed by atoms with Crippen LogP contribution in [-0.2, 0) is 22.7 Å². The second kappa shape index (κ2) is 10.7. The number of nitrogens with one attached hydrogen (secondary N) is 1. The van der Waals surface area contributed by atoms with Gasteiger partial charge in [-0.15, -0.1) is 0 Å². The molecule has 34 heavy (non-hydrogen) atoms. The first kappa shape index (κ1) is 23.8. The number of likely N-dealkylation sites (N-methyl/N-ethyl adjacent to an activating group) is 1. The van der Waals surface area contributed by atoms with E-state index >= 15 is 0 Å². The topological polar surface area (TPSA) is 66.8 Å². The highest BCUT2D eigenvalue weighted by Crippen LogP contribution is 2.25. The second-order valence-electron chi connectivity index (χ2n) is 8.82. The monoisotopic (exact) mass is 462 g/mol. The molecule has 1 aromatic heterocycles. The van der Waals surface area contributed by atoms with E-state index < -0.39 is 0 Å². The molecule has 7 nitrogen and oxygen atoms in total. The third-order valence-electron chi connectivity index (χ3n) is 6.71. The molecule has 0 aliphatic carbocycles. The largest absolute Gasteiger partial charge is 0.497 e. The van der Waals surface area contributed by atoms with Gasteiger partial charge in [0, 0.05) is 55.4 Å². The van der Waals surface area contributed by atoms with Crippen LogP contribution in [0.5, 0.6) is 5.75 Å². The number of anilines is 1. The highest BCUT2D eigenvalue weighted by Gasteiger charge is 2.34. The number of carbonyl (C=O) groups is 2. The molecule has 1 saturated heterocycles. The summed E-state index contributed by atoms with van der Waals surface area (Å²) in [6.07, 6.45) is 2.35. The molecule has 0 saturated carbocycles. The van der Waals surface area contributed by atoms with Crippen molar-refractivity contribution in [2.24, 2.45) is 5.92 Å². The van der Waals surface area contributed by atoms with Crippen LogP contribution in [0.4, 0.5) is 5.69 Å². The zero-order valence-corrected chi connectivity index (χ0v) is 20.3. The van der Waals surface area contributed by atoms with E-state index in [1.165, 1.54) is 0 Å². The predicted octanol–water partition coefficient (Wildman–Crippen LogP) is 3.98. The zero-order valence-electron chi connectivity index (χ0n) is 20.3. The zero-order chi connectivity index (χ0) is 24.1. The second-order valence-corrected chi connectivity index (χ2v) is 8.82. The Morgan fingerprint density at radius 3 is 2.59 bits per heavy atom. The number of ether oxygens (including phenoxy) is 1. The Morgan fingerprint density at radius 1 is 1.12 bits per heavy atom. The average molecular weight is 463 g/mol. The fraction of sp³-hybridized carbons (Fsp3) is 0.407. The highest BCUT2D eigenvalue weighted by atomic mass is 16.5. The molecule has 1 fully saturated rings. The van der Waals surface area contributed by atoms with Gasteiger partial charge in [-0.2, -0.15) is 0 Å². The molecule has 1 aliphatic heterocycles. The minimum Gasteiger partial charge on any atom is -0.497 e. The van der Waals surface area contributed by atoms with Crippen LogP contribution in [0.3, 0.4) is 0 Å². The van der Waals surface area contributed by atoms with Gasteiger partial charge in [-0.3, -0.25) is 9.59 Å². The van der Waals surface area contributed by atoms with Gasteiger partial charge in [0.25, 0.3) is 0 Å². The summed E-state index contributed by atoms with van der Waals surface area (Å²) in [5.74, 6) is 0.340. The van der Waals surface area contributed by atoms with Crippen LogP contribution in [-0.4, -0.2) is 59.5 Å². The van der Waals surface area contributed by atoms with Crippen LogP contribution in [0.25, 0.3) is 10.9 Å². The Morgan fingerprint density at radius 2 is 1.88 bits per heavy atom. The third-order valence-corrected chi connectivity index (χ3v) is 6.71. The van der Waals surface area contributed by atoms with Crippen molar-refractivity contribution in [3.8, 4) is 5.75 Å². The minimum absolute atomic E-state index is 0.0108. The summed E-state index contributed by atoms with van der Waals surface area (Å²) in [7, 11) is 1.63. The van der Waals surface area contributed by atoms with Gasteiger partial charge in [0.05, 0.1) is 13.0 Å². The van der Waals surface area contributed by atoms with Crippen molar-refractivity contribution in [3.05, 3.63) is 60.3 Å². The average Bonchev–Trinajstić information content (AvgIpc) is 3.43. The van der Waals surface area contributed by atoms with E-state index in [4.69, 9.17) is 4.74 Å². The molecule has 3 aromatic rings. The molecule has 0 radical (unpaired) electrons. The molecular formula is C27H34N4O3. The summed E-state index contributed by atoms with van der Waals surface area (Å²) in [5.41, 5.74) is 2.94. The van der Waals surface area contributed by atoms with Crippen molar-refractivity contribution in [3.63, 3.8) is 0 Å². The molecule has 7 heteroatoms. The lowest BCUT2D eigenvalue weighted by Gasteiger charge is -2.18. The lowest BCUT2D eigenvalue weighted by atomic mass is 10.1. The number of benzene rings is 2. The number of nitrogens with zero attached hydrogens (tertiary/aromatic N) is 3. The molecular weight excluding hydrogens is 428 g/mol. The summed E-state index contributed by atoms with van der Waals surface area (Å²) >= 11 is 0. The number of aromatic nitrogens is 1. The van der Waals surface area contributed by atoms with Gasteiger partial charge in [-0.05, 0) is 55.1 Å². The van der Waals surface area contributed by atoms with E-state index in [9.17, 15) is 9.59 Å². The maximum absolute atomic E-state index is 12.9. The number of amides is 2. The SMILES string of the molecule is CCN(CC)CCn1ccc2cc(NC(=O)C3CC(=O)N(Cc4ccc(OC)cc4)C3)ccc21. The standard InChI is InChI=1S/C27H34N4O3/c1-4-29(5-2)14-15-30-13-12-21-16-23(8-11-25(21)30)28-27(33)22-17-26(32)31(19-22)18-20-6-9-24(34-3)10-7-20/h6-13,16,22H,4-5,14-15,17-19H2,1-3H3,(H,28,33). The summed E-state index contributed by atoms with van der Waals surface area (Å²) in [6.45, 7) is 9.34. The first-order valence-electron chi connectivity index (χ1n) is 12.0. The van der Waals surface area contributed by atoms with Crippen LogP contribution in [0, 0.1) is 5.92 Å². The molecule has 1 aliphatic rings. The van der Waals surface area contributed by atoms with Crippen molar-refractivity contribution < 1.29 is 14.3 Å². The first-order chi connectivity index (χ1) is 16.5. The Bertz CT molecular complexity index is 1130. The predicted molar refractivity (Wildman–Crippen MR) is 135 cm³/mol. The lowest BCUT2D eigenvalue weighted by Crippen LogP contribution is -2.28. The minimum atomic E-state index is -0.347. The molecule has 2 amide bonds. The van der Waals surface area contributed by atoms with Gasteiger partial charge in [0.2, 0.25) is 11.8 Å². The van der Waals surface area contributed by atoms with Crippen LogP contribution >= 0.6 is 0 Å². The fourth-order valence-corrected chi connectivity index (χ4v) is 4.56. The van der Waals surface area contributed by atoms with Crippen LogP contribution in [0.15, 0.2) is 54.7 Å². The van der Waals surface area contributed by atoms with E-state index in [1.54, 1.807) is 12.0 Å². The highest BCUT2D eigenvalue weighted by molar-refractivity contribution is 5.98. The molecule has 0 bridgehead atoms. The van der Waals surface area contributed by atoms with Crippen LogP contribution < -0.4 is 10.1 Å². The molecule has 2 aromatic carbocycles. The third kappa shape index (κ3) is 5.42. The van der Waals surface area contributed by atoms with Gasteiger partial charge in [-0.1, -0.05) is 26.0 Å². The number of likely N-dealkylation sites (tertiary alicyclic amines) is 1. The van der Waals surface area contributed by atoms with E-state index in [0.29, 0.717) is 13.1 Å². The van der Waals surface area contributed by atoms with E-state index in [0.717, 1.165) is 54.1 Å². The summed E-state index contributed by atoms with van der Waals surface area (Å²) in [5, 5.41) is 4.12. The molecule has 0 spiro atoms. The Hall–Kier alpha value is -3.32. The maximum Gasteiger partial charge on any atom is 0.229 e. The molecule has 1 unspecified atom stereocenters. The molecule has 1 N–H and O–H groups in total. The Labute approximate surface area is 201 Å². The van der Waals surface area contributed by atoms with Crippen molar-refractivity contribution in [1.29, 1.82) is 0 Å². The first-order valence-corrected chi connectivity index (χ1v) is 12.0. The van der Waals surface area contributed by atoms with Crippen molar-refractivity contribution >= 4 is 28.4 Å². The van der Waals surface area contributed by atoms with Gasteiger partial charge in [0.15, 0.2) is 0 Å². The number of fused-ring (bicyclic) bond motifs is 1. The molecule has 2 heterocycles. The maximum atomic E-state index is 12.9. The lowest BCUT2D eigenvalue weighted by molar-refractivity contribution is -0.128. The Balaban J connectivity index is 1.35. The van der Waals surface area contributed by atoms with Gasteiger partial charge >= 0.3 is 0 Å². The fourth-order valence-electron chi connectivity index (χ4n) is 4.56. The van der Waals surface area contributed by atoms with Gasteiger partial charge < -0.3 is 24.4 Å². The van der Waals surface area contributed by atoms with Crippen molar-refractivity contribution in [2.75, 3.05) is 38.6 Å². The van der Waals surface area contributed by atoms with E-state index in [-0.39, 0.29) is 24.2 Å². The number of hydrogen-bond donors (Lipinski definition) is 1. The Kier molecular flexibility index (Phi) is 7.53. The number of methoxy groups -OCH3 is 1. The number of carbonyl (C=O) groups excluding carboxylic acids is 2. The normalized spacial score (nSPS) is 15.9. The van der Waals surface area contributed by atoms with Crippen molar-refractivity contribution in [1.82, 2.24) is 14.4 Å². The quantitative estimate of drug-likeness (QED) is 0.495. The number of rotatable bonds is 10.